The van der Waals surface area contributed by atoms with E-state index < -0.39 is 0 Å². The fourth-order valence-corrected chi connectivity index (χ4v) is 4.13. The van der Waals surface area contributed by atoms with Crippen LogP contribution in [0.25, 0.3) is 0 Å². The fourth-order valence-electron chi connectivity index (χ4n) is 4.13. The number of likely N-dealkylation sites (tertiary alicyclic amines) is 1. The summed E-state index contributed by atoms with van der Waals surface area (Å²) in [7, 11) is 0. The molecule has 0 aliphatic carbocycles. The molecule has 0 bridgehead atoms. The zero-order chi connectivity index (χ0) is 17.1. The molecule has 4 rings (SSSR count). The standard InChI is InChI=1S/C19H27N5O/c1-2-24-13-16(11-22-24)12-23-14-19(15-23)17(7-10-25-19)6-9-21-18-5-3-4-8-20-18/h3-5,8,11,13,17H,2,6-7,9-10,12,14-15H2,1H3,(H,20,21)/t17-/m1/s1. The summed E-state index contributed by atoms with van der Waals surface area (Å²) in [6.07, 6.45) is 8.27. The predicted molar refractivity (Wildman–Crippen MR) is 97.3 cm³/mol. The van der Waals surface area contributed by atoms with Gasteiger partial charge in [0.15, 0.2) is 0 Å². The number of hydrogen-bond donors (Lipinski definition) is 1. The Kier molecular flexibility index (Phi) is 4.72. The van der Waals surface area contributed by atoms with Gasteiger partial charge < -0.3 is 10.1 Å². The summed E-state index contributed by atoms with van der Waals surface area (Å²) >= 11 is 0. The minimum absolute atomic E-state index is 0.0759. The van der Waals surface area contributed by atoms with Crippen molar-refractivity contribution in [2.75, 3.05) is 31.6 Å². The average molecular weight is 341 g/mol. The van der Waals surface area contributed by atoms with Gasteiger partial charge in [-0.05, 0) is 37.8 Å². The van der Waals surface area contributed by atoms with Crippen LogP contribution in [0.4, 0.5) is 5.82 Å². The van der Waals surface area contributed by atoms with Gasteiger partial charge in [-0.1, -0.05) is 6.07 Å². The van der Waals surface area contributed by atoms with Crippen molar-refractivity contribution in [3.63, 3.8) is 0 Å². The van der Waals surface area contributed by atoms with Gasteiger partial charge in [-0.25, -0.2) is 4.98 Å². The van der Waals surface area contributed by atoms with E-state index in [1.54, 1.807) is 0 Å². The first-order valence-electron chi connectivity index (χ1n) is 9.30. The Morgan fingerprint density at radius 1 is 1.36 bits per heavy atom. The molecule has 0 radical (unpaired) electrons. The van der Waals surface area contributed by atoms with Crippen molar-refractivity contribution < 1.29 is 4.74 Å². The molecule has 1 atom stereocenters. The van der Waals surface area contributed by atoms with E-state index in [2.05, 4.69) is 33.4 Å². The molecule has 4 heterocycles. The molecule has 0 amide bonds. The number of aromatic nitrogens is 3. The van der Waals surface area contributed by atoms with Crippen LogP contribution in [0.15, 0.2) is 36.8 Å². The molecule has 2 aromatic heterocycles. The van der Waals surface area contributed by atoms with Crippen LogP contribution < -0.4 is 5.32 Å². The van der Waals surface area contributed by atoms with Gasteiger partial charge in [0, 0.05) is 57.3 Å². The first kappa shape index (κ1) is 16.5. The van der Waals surface area contributed by atoms with Crippen LogP contribution in [0.2, 0.25) is 0 Å². The second-order valence-electron chi connectivity index (χ2n) is 7.18. The Morgan fingerprint density at radius 3 is 3.04 bits per heavy atom. The van der Waals surface area contributed by atoms with Gasteiger partial charge >= 0.3 is 0 Å². The van der Waals surface area contributed by atoms with E-state index in [9.17, 15) is 0 Å². The number of anilines is 1. The zero-order valence-electron chi connectivity index (χ0n) is 14.9. The average Bonchev–Trinajstić information content (AvgIpc) is 3.23. The SMILES string of the molecule is CCn1cc(CN2CC3(C2)OCC[C@H]3CCNc2ccccn2)cn1. The fraction of sp³-hybridized carbons (Fsp3) is 0.579. The van der Waals surface area contributed by atoms with Crippen LogP contribution in [0, 0.1) is 5.92 Å². The highest BCUT2D eigenvalue weighted by Gasteiger charge is 2.52. The number of ether oxygens (including phenoxy) is 1. The Labute approximate surface area is 149 Å². The van der Waals surface area contributed by atoms with Crippen molar-refractivity contribution in [1.29, 1.82) is 0 Å². The van der Waals surface area contributed by atoms with E-state index in [1.807, 2.05) is 35.3 Å². The first-order chi connectivity index (χ1) is 12.3. The van der Waals surface area contributed by atoms with Crippen LogP contribution in [0.5, 0.6) is 0 Å². The normalized spacial score (nSPS) is 22.2. The van der Waals surface area contributed by atoms with Gasteiger partial charge in [0.1, 0.15) is 5.82 Å². The maximum atomic E-state index is 6.18. The van der Waals surface area contributed by atoms with Crippen molar-refractivity contribution in [2.24, 2.45) is 5.92 Å². The largest absolute Gasteiger partial charge is 0.372 e. The van der Waals surface area contributed by atoms with Crippen LogP contribution in [-0.2, 0) is 17.8 Å². The number of hydrogen-bond acceptors (Lipinski definition) is 5. The topological polar surface area (TPSA) is 55.2 Å². The van der Waals surface area contributed by atoms with E-state index in [4.69, 9.17) is 4.74 Å². The van der Waals surface area contributed by atoms with Crippen molar-refractivity contribution in [3.8, 4) is 0 Å². The zero-order valence-corrected chi connectivity index (χ0v) is 14.9. The molecule has 6 heteroatoms. The Balaban J connectivity index is 1.26. The quantitative estimate of drug-likeness (QED) is 0.838. The summed E-state index contributed by atoms with van der Waals surface area (Å²) in [5.41, 5.74) is 1.37. The highest BCUT2D eigenvalue weighted by atomic mass is 16.5. The van der Waals surface area contributed by atoms with Crippen molar-refractivity contribution in [2.45, 2.75) is 38.5 Å². The molecule has 2 aliphatic rings. The summed E-state index contributed by atoms with van der Waals surface area (Å²) in [4.78, 5) is 6.80. The lowest BCUT2D eigenvalue weighted by atomic mass is 9.79. The number of rotatable bonds is 7. The smallest absolute Gasteiger partial charge is 0.125 e. The molecule has 2 aromatic rings. The van der Waals surface area contributed by atoms with Gasteiger partial charge in [-0.15, -0.1) is 0 Å². The lowest BCUT2D eigenvalue weighted by Gasteiger charge is -2.50. The highest BCUT2D eigenvalue weighted by Crippen LogP contribution is 2.42. The molecule has 0 saturated carbocycles. The molecule has 0 aromatic carbocycles. The minimum atomic E-state index is 0.0759. The summed E-state index contributed by atoms with van der Waals surface area (Å²) in [6.45, 7) is 7.96. The molecule has 6 nitrogen and oxygen atoms in total. The first-order valence-corrected chi connectivity index (χ1v) is 9.30. The number of nitrogens with zero attached hydrogens (tertiary/aromatic N) is 4. The lowest BCUT2D eigenvalue weighted by molar-refractivity contribution is -0.136. The molecule has 134 valence electrons. The summed E-state index contributed by atoms with van der Waals surface area (Å²) in [6, 6.07) is 5.97. The van der Waals surface area contributed by atoms with Crippen LogP contribution in [-0.4, -0.2) is 51.5 Å². The van der Waals surface area contributed by atoms with Crippen molar-refractivity contribution in [1.82, 2.24) is 19.7 Å². The highest BCUT2D eigenvalue weighted by molar-refractivity contribution is 5.32. The molecule has 2 fully saturated rings. The van der Waals surface area contributed by atoms with Crippen LogP contribution >= 0.6 is 0 Å². The van der Waals surface area contributed by atoms with E-state index in [-0.39, 0.29) is 5.60 Å². The summed E-state index contributed by atoms with van der Waals surface area (Å²) < 4.78 is 8.17. The third kappa shape index (κ3) is 3.55. The van der Waals surface area contributed by atoms with Crippen LogP contribution in [0.3, 0.4) is 0 Å². The molecule has 1 N–H and O–H groups in total. The number of pyridine rings is 1. The van der Waals surface area contributed by atoms with Gasteiger partial charge in [-0.3, -0.25) is 9.58 Å². The Hall–Kier alpha value is -1.92. The van der Waals surface area contributed by atoms with Crippen LogP contribution in [0.1, 0.15) is 25.3 Å². The molecule has 0 unspecified atom stereocenters. The summed E-state index contributed by atoms with van der Waals surface area (Å²) in [5, 5.41) is 7.79. The monoisotopic (exact) mass is 341 g/mol. The second kappa shape index (κ2) is 7.14. The Morgan fingerprint density at radius 2 is 2.28 bits per heavy atom. The maximum Gasteiger partial charge on any atom is 0.125 e. The molecule has 2 saturated heterocycles. The number of aryl methyl sites for hydroxylation is 1. The summed E-state index contributed by atoms with van der Waals surface area (Å²) in [5.74, 6) is 1.59. The predicted octanol–water partition coefficient (Wildman–Crippen LogP) is 2.39. The van der Waals surface area contributed by atoms with Crippen molar-refractivity contribution >= 4 is 5.82 Å². The number of nitrogens with one attached hydrogen (secondary N) is 1. The maximum absolute atomic E-state index is 6.18. The van der Waals surface area contributed by atoms with Gasteiger partial charge in [-0.2, -0.15) is 5.10 Å². The molecule has 1 spiro atoms. The van der Waals surface area contributed by atoms with E-state index >= 15 is 0 Å². The molecule has 2 aliphatic heterocycles. The molecular formula is C19H27N5O. The second-order valence-corrected chi connectivity index (χ2v) is 7.18. The molecular weight excluding hydrogens is 314 g/mol. The Bertz CT molecular complexity index is 680. The third-order valence-electron chi connectivity index (χ3n) is 5.46. The lowest BCUT2D eigenvalue weighted by Crippen LogP contribution is -2.64. The third-order valence-corrected chi connectivity index (χ3v) is 5.46. The van der Waals surface area contributed by atoms with Gasteiger partial charge in [0.25, 0.3) is 0 Å². The van der Waals surface area contributed by atoms with E-state index in [0.717, 1.165) is 51.6 Å². The molecule has 25 heavy (non-hydrogen) atoms. The van der Waals surface area contributed by atoms with Crippen molar-refractivity contribution in [3.05, 3.63) is 42.4 Å². The van der Waals surface area contributed by atoms with E-state index in [0.29, 0.717) is 5.92 Å². The van der Waals surface area contributed by atoms with E-state index in [1.165, 1.54) is 12.0 Å². The minimum Gasteiger partial charge on any atom is -0.372 e. The van der Waals surface area contributed by atoms with Gasteiger partial charge in [0.2, 0.25) is 0 Å². The van der Waals surface area contributed by atoms with Gasteiger partial charge in [0.05, 0.1) is 11.8 Å².